The van der Waals surface area contributed by atoms with Gasteiger partial charge in [0.2, 0.25) is 0 Å². The van der Waals surface area contributed by atoms with Gasteiger partial charge in [0.15, 0.2) is 23.8 Å². The van der Waals surface area contributed by atoms with Crippen molar-refractivity contribution in [1.82, 2.24) is 0 Å². The predicted molar refractivity (Wildman–Crippen MR) is 63.5 cm³/mol. The van der Waals surface area contributed by atoms with Gasteiger partial charge < -0.3 is 14.7 Å². The van der Waals surface area contributed by atoms with Crippen LogP contribution in [-0.4, -0.2) is 31.2 Å². The highest BCUT2D eigenvalue weighted by Crippen LogP contribution is 2.26. The molecule has 1 rings (SSSR count). The van der Waals surface area contributed by atoms with Gasteiger partial charge >= 0.3 is 0 Å². The van der Waals surface area contributed by atoms with E-state index < -0.39 is 0 Å². The highest BCUT2D eigenvalue weighted by atomic mass is 16.5. The van der Waals surface area contributed by atoms with Crippen LogP contribution in [0.1, 0.15) is 19.4 Å². The molecule has 4 nitrogen and oxygen atoms in total. The second-order valence-electron chi connectivity index (χ2n) is 3.70. The summed E-state index contributed by atoms with van der Waals surface area (Å²) >= 11 is 0. The molecule has 0 N–H and O–H groups in total. The molecule has 4 heteroatoms. The van der Waals surface area contributed by atoms with E-state index >= 15 is 0 Å². The summed E-state index contributed by atoms with van der Waals surface area (Å²) in [7, 11) is 3.15. The highest BCUT2D eigenvalue weighted by molar-refractivity contribution is 5.77. The molecule has 0 aliphatic rings. The third-order valence-corrected chi connectivity index (χ3v) is 2.19. The summed E-state index contributed by atoms with van der Waals surface area (Å²) in [4.78, 5) is 0. The molecule has 0 aromatic heterocycles. The number of nitrogens with zero attached hydrogens (tertiary/aromatic N) is 1. The molecule has 0 atom stereocenters. The van der Waals surface area contributed by atoms with Gasteiger partial charge in [0.25, 0.3) is 0 Å². The molecule has 0 heterocycles. The van der Waals surface area contributed by atoms with Crippen LogP contribution in [0.4, 0.5) is 0 Å². The van der Waals surface area contributed by atoms with Crippen LogP contribution in [0.5, 0.6) is 11.5 Å². The first kappa shape index (κ1) is 12.4. The molecule has 0 unspecified atom stereocenters. The van der Waals surface area contributed by atoms with E-state index in [2.05, 4.69) is 0 Å². The van der Waals surface area contributed by atoms with Gasteiger partial charge in [-0.05, 0) is 32.0 Å². The van der Waals surface area contributed by atoms with Crippen molar-refractivity contribution in [2.45, 2.75) is 19.9 Å². The quantitative estimate of drug-likeness (QED) is 0.339. The Balaban J connectivity index is 3.04. The molecule has 1 aromatic carbocycles. The lowest BCUT2D eigenvalue weighted by atomic mass is 10.2. The first-order valence-corrected chi connectivity index (χ1v) is 5.11. The third kappa shape index (κ3) is 2.89. The normalized spacial score (nSPS) is 11.7. The van der Waals surface area contributed by atoms with Gasteiger partial charge in [-0.15, -0.1) is 0 Å². The number of ether oxygens (including phenoxy) is 2. The SMILES string of the molecule is COc1ccc(C=[N+]([O-])C(C)C)cc1OC. The van der Waals surface area contributed by atoms with Crippen LogP contribution in [-0.2, 0) is 0 Å². The standard InChI is InChI=1S/C12H17NO3/c1-9(2)13(14)8-10-5-6-11(15-3)12(7-10)16-4/h5-9H,1-4H3. The second kappa shape index (κ2) is 5.39. The molecule has 16 heavy (non-hydrogen) atoms. The number of hydroxylamine groups is 1. The summed E-state index contributed by atoms with van der Waals surface area (Å²) in [5.41, 5.74) is 0.793. The fourth-order valence-electron chi connectivity index (χ4n) is 1.23. The van der Waals surface area contributed by atoms with Crippen LogP contribution in [0.25, 0.3) is 0 Å². The number of hydrogen-bond acceptors (Lipinski definition) is 3. The Morgan fingerprint density at radius 3 is 2.31 bits per heavy atom. The van der Waals surface area contributed by atoms with Crippen molar-refractivity contribution >= 4 is 6.21 Å². The lowest BCUT2D eigenvalue weighted by molar-refractivity contribution is -0.487. The van der Waals surface area contributed by atoms with Crippen molar-refractivity contribution in [3.63, 3.8) is 0 Å². The fraction of sp³-hybridized carbons (Fsp3) is 0.417. The van der Waals surface area contributed by atoms with Crippen LogP contribution in [0.2, 0.25) is 0 Å². The average molecular weight is 223 g/mol. The molecule has 0 saturated carbocycles. The molecule has 0 amide bonds. The van der Waals surface area contributed by atoms with Crippen molar-refractivity contribution in [2.75, 3.05) is 14.2 Å². The second-order valence-corrected chi connectivity index (χ2v) is 3.70. The van der Waals surface area contributed by atoms with Gasteiger partial charge in [-0.2, -0.15) is 0 Å². The number of rotatable bonds is 4. The topological polar surface area (TPSA) is 44.5 Å². The molecule has 0 spiro atoms. The fourth-order valence-corrected chi connectivity index (χ4v) is 1.23. The Labute approximate surface area is 95.7 Å². The molecule has 1 aromatic rings. The monoisotopic (exact) mass is 223 g/mol. The van der Waals surface area contributed by atoms with E-state index in [-0.39, 0.29) is 6.04 Å². The van der Waals surface area contributed by atoms with Crippen molar-refractivity contribution < 1.29 is 14.2 Å². The maximum Gasteiger partial charge on any atom is 0.182 e. The maximum atomic E-state index is 11.5. The van der Waals surface area contributed by atoms with Gasteiger partial charge in [-0.3, -0.25) is 0 Å². The first-order chi connectivity index (χ1) is 7.58. The Morgan fingerprint density at radius 1 is 1.19 bits per heavy atom. The summed E-state index contributed by atoms with van der Waals surface area (Å²) in [5, 5.41) is 11.5. The average Bonchev–Trinajstić information content (AvgIpc) is 2.28. The largest absolute Gasteiger partial charge is 0.624 e. The molecule has 0 radical (unpaired) electrons. The Hall–Kier alpha value is -1.71. The van der Waals surface area contributed by atoms with Crippen molar-refractivity contribution in [1.29, 1.82) is 0 Å². The minimum atomic E-state index is -0.0758. The van der Waals surface area contributed by atoms with Gasteiger partial charge in [0, 0.05) is 5.56 Å². The summed E-state index contributed by atoms with van der Waals surface area (Å²) in [5.74, 6) is 1.27. The Bertz CT molecular complexity index is 386. The molecule has 0 bridgehead atoms. The first-order valence-electron chi connectivity index (χ1n) is 5.11. The van der Waals surface area contributed by atoms with E-state index in [0.29, 0.717) is 11.5 Å². The number of benzene rings is 1. The zero-order valence-electron chi connectivity index (χ0n) is 10.1. The van der Waals surface area contributed by atoms with Crippen LogP contribution >= 0.6 is 0 Å². The molecular weight excluding hydrogens is 206 g/mol. The van der Waals surface area contributed by atoms with Crippen LogP contribution < -0.4 is 9.47 Å². The summed E-state index contributed by atoms with van der Waals surface area (Å²) in [6.07, 6.45) is 1.53. The lowest BCUT2D eigenvalue weighted by Gasteiger charge is -2.09. The molecule has 88 valence electrons. The maximum absolute atomic E-state index is 11.5. The molecule has 0 fully saturated rings. The number of methoxy groups -OCH3 is 2. The summed E-state index contributed by atoms with van der Waals surface area (Å²) in [6, 6.07) is 5.28. The van der Waals surface area contributed by atoms with E-state index in [9.17, 15) is 5.21 Å². The van der Waals surface area contributed by atoms with Gasteiger partial charge in [-0.1, -0.05) is 0 Å². The van der Waals surface area contributed by atoms with Crippen molar-refractivity contribution in [3.05, 3.63) is 29.0 Å². The summed E-state index contributed by atoms with van der Waals surface area (Å²) in [6.45, 7) is 3.68. The zero-order chi connectivity index (χ0) is 12.1. The summed E-state index contributed by atoms with van der Waals surface area (Å²) < 4.78 is 11.2. The predicted octanol–water partition coefficient (Wildman–Crippen LogP) is 2.04. The smallest absolute Gasteiger partial charge is 0.182 e. The minimum Gasteiger partial charge on any atom is -0.624 e. The van der Waals surface area contributed by atoms with Crippen LogP contribution in [0.3, 0.4) is 0 Å². The molecule has 0 saturated heterocycles. The van der Waals surface area contributed by atoms with Crippen LogP contribution in [0.15, 0.2) is 18.2 Å². The van der Waals surface area contributed by atoms with Gasteiger partial charge in [-0.25, -0.2) is 4.74 Å². The lowest BCUT2D eigenvalue weighted by Crippen LogP contribution is -2.14. The van der Waals surface area contributed by atoms with Gasteiger partial charge in [0.05, 0.1) is 14.2 Å². The Morgan fingerprint density at radius 2 is 1.81 bits per heavy atom. The van der Waals surface area contributed by atoms with E-state index in [0.717, 1.165) is 10.3 Å². The van der Waals surface area contributed by atoms with E-state index in [1.54, 1.807) is 26.4 Å². The molecule has 0 aliphatic heterocycles. The van der Waals surface area contributed by atoms with Crippen LogP contribution in [0, 0.1) is 5.21 Å². The molecular formula is C12H17NO3. The van der Waals surface area contributed by atoms with Crippen molar-refractivity contribution in [3.8, 4) is 11.5 Å². The number of hydrogen-bond donors (Lipinski definition) is 0. The van der Waals surface area contributed by atoms with Gasteiger partial charge in [0.1, 0.15) is 0 Å². The van der Waals surface area contributed by atoms with E-state index in [4.69, 9.17) is 9.47 Å². The van der Waals surface area contributed by atoms with Crippen molar-refractivity contribution in [2.24, 2.45) is 0 Å². The third-order valence-electron chi connectivity index (χ3n) is 2.19. The highest BCUT2D eigenvalue weighted by Gasteiger charge is 2.06. The minimum absolute atomic E-state index is 0.0758. The molecule has 0 aliphatic carbocycles. The van der Waals surface area contributed by atoms with E-state index in [1.165, 1.54) is 6.21 Å². The van der Waals surface area contributed by atoms with E-state index in [1.807, 2.05) is 19.9 Å². The Kier molecular flexibility index (Phi) is 4.17. The zero-order valence-corrected chi connectivity index (χ0v) is 10.1.